The molecule has 0 aliphatic rings. The standard InChI is InChI=1S/C20H14ClN3O3/c21-17-8-6-15(7-9-17)20(26)27-18-5-1-3-14(11-18)12-23-24-19(25)16-4-2-10-22-13-16/h1-13H,(H,24,25). The van der Waals surface area contributed by atoms with E-state index in [-0.39, 0.29) is 5.91 Å². The number of esters is 1. The van der Waals surface area contributed by atoms with Crippen LogP contribution in [0.5, 0.6) is 5.75 Å². The lowest BCUT2D eigenvalue weighted by molar-refractivity contribution is 0.0734. The zero-order chi connectivity index (χ0) is 19.1. The molecule has 0 bridgehead atoms. The second kappa shape index (κ2) is 8.73. The topological polar surface area (TPSA) is 80.6 Å². The van der Waals surface area contributed by atoms with Gasteiger partial charge in [0.1, 0.15) is 5.75 Å². The number of nitrogens with one attached hydrogen (secondary N) is 1. The first-order valence-electron chi connectivity index (χ1n) is 7.93. The summed E-state index contributed by atoms with van der Waals surface area (Å²) in [6.45, 7) is 0. The molecule has 0 aliphatic carbocycles. The van der Waals surface area contributed by atoms with Crippen LogP contribution in [0.25, 0.3) is 0 Å². The van der Waals surface area contributed by atoms with Crippen molar-refractivity contribution in [3.63, 3.8) is 0 Å². The Labute approximate surface area is 160 Å². The number of aromatic nitrogens is 1. The Kier molecular flexibility index (Phi) is 5.91. The van der Waals surface area contributed by atoms with Crippen molar-refractivity contribution in [3.05, 3.63) is 94.8 Å². The van der Waals surface area contributed by atoms with Gasteiger partial charge < -0.3 is 4.74 Å². The summed E-state index contributed by atoms with van der Waals surface area (Å²) < 4.78 is 5.34. The first-order chi connectivity index (χ1) is 13.1. The van der Waals surface area contributed by atoms with Crippen LogP contribution in [0.4, 0.5) is 0 Å². The van der Waals surface area contributed by atoms with Crippen molar-refractivity contribution < 1.29 is 14.3 Å². The van der Waals surface area contributed by atoms with Gasteiger partial charge >= 0.3 is 5.97 Å². The number of carbonyl (C=O) groups excluding carboxylic acids is 2. The molecule has 0 spiro atoms. The first-order valence-corrected chi connectivity index (χ1v) is 8.31. The molecule has 0 atom stereocenters. The van der Waals surface area contributed by atoms with Gasteiger partial charge in [-0.2, -0.15) is 5.10 Å². The summed E-state index contributed by atoms with van der Waals surface area (Å²) in [4.78, 5) is 27.9. The van der Waals surface area contributed by atoms with Gasteiger partial charge in [-0.25, -0.2) is 10.2 Å². The molecule has 0 radical (unpaired) electrons. The van der Waals surface area contributed by atoms with Crippen LogP contribution >= 0.6 is 11.6 Å². The zero-order valence-corrected chi connectivity index (χ0v) is 14.8. The smallest absolute Gasteiger partial charge is 0.343 e. The van der Waals surface area contributed by atoms with Crippen LogP contribution in [-0.4, -0.2) is 23.1 Å². The van der Waals surface area contributed by atoms with Crippen molar-refractivity contribution in [2.45, 2.75) is 0 Å². The Hall–Kier alpha value is -3.51. The van der Waals surface area contributed by atoms with E-state index >= 15 is 0 Å². The monoisotopic (exact) mass is 379 g/mol. The predicted molar refractivity (Wildman–Crippen MR) is 102 cm³/mol. The van der Waals surface area contributed by atoms with E-state index in [1.807, 2.05) is 0 Å². The normalized spacial score (nSPS) is 10.6. The van der Waals surface area contributed by atoms with Crippen molar-refractivity contribution in [2.24, 2.45) is 5.10 Å². The molecule has 1 amide bonds. The third kappa shape index (κ3) is 5.23. The average Bonchev–Trinajstić information content (AvgIpc) is 2.69. The van der Waals surface area contributed by atoms with Crippen LogP contribution < -0.4 is 10.2 Å². The molecule has 1 aromatic heterocycles. The molecule has 134 valence electrons. The summed E-state index contributed by atoms with van der Waals surface area (Å²) in [5.74, 6) is -0.507. The molecule has 27 heavy (non-hydrogen) atoms. The van der Waals surface area contributed by atoms with Crippen molar-refractivity contribution in [2.75, 3.05) is 0 Å². The Morgan fingerprint density at radius 2 is 1.85 bits per heavy atom. The third-order valence-corrected chi connectivity index (χ3v) is 3.70. The quantitative estimate of drug-likeness (QED) is 0.317. The summed E-state index contributed by atoms with van der Waals surface area (Å²) in [6.07, 6.45) is 4.48. The number of carbonyl (C=O) groups is 2. The van der Waals surface area contributed by atoms with Gasteiger partial charge in [0.15, 0.2) is 0 Å². The highest BCUT2D eigenvalue weighted by Gasteiger charge is 2.08. The molecule has 2 aromatic carbocycles. The molecular formula is C20H14ClN3O3. The van der Waals surface area contributed by atoms with Gasteiger partial charge in [0.25, 0.3) is 5.91 Å². The highest BCUT2D eigenvalue weighted by Crippen LogP contribution is 2.16. The fourth-order valence-corrected chi connectivity index (χ4v) is 2.26. The summed E-state index contributed by atoms with van der Waals surface area (Å²) in [5.41, 5.74) is 3.86. The second-order valence-electron chi connectivity index (χ2n) is 5.41. The Morgan fingerprint density at radius 1 is 1.04 bits per heavy atom. The van der Waals surface area contributed by atoms with E-state index in [0.717, 1.165) is 0 Å². The van der Waals surface area contributed by atoms with Gasteiger partial charge in [-0.05, 0) is 54.1 Å². The van der Waals surface area contributed by atoms with Crippen molar-refractivity contribution in [3.8, 4) is 5.75 Å². The molecule has 0 fully saturated rings. The van der Waals surface area contributed by atoms with E-state index in [9.17, 15) is 9.59 Å². The summed E-state index contributed by atoms with van der Waals surface area (Å²) in [7, 11) is 0. The van der Waals surface area contributed by atoms with Crippen LogP contribution in [0.3, 0.4) is 0 Å². The summed E-state index contributed by atoms with van der Waals surface area (Å²) in [5, 5.41) is 4.44. The van der Waals surface area contributed by atoms with Crippen LogP contribution in [0, 0.1) is 0 Å². The van der Waals surface area contributed by atoms with E-state index < -0.39 is 5.97 Å². The molecule has 0 unspecified atom stereocenters. The molecular weight excluding hydrogens is 366 g/mol. The van der Waals surface area contributed by atoms with E-state index in [4.69, 9.17) is 16.3 Å². The third-order valence-electron chi connectivity index (χ3n) is 3.45. The maximum absolute atomic E-state index is 12.1. The van der Waals surface area contributed by atoms with Gasteiger partial charge in [-0.1, -0.05) is 23.7 Å². The minimum Gasteiger partial charge on any atom is -0.423 e. The fraction of sp³-hybridized carbons (Fsp3) is 0. The van der Waals surface area contributed by atoms with Gasteiger partial charge in [0, 0.05) is 17.4 Å². The van der Waals surface area contributed by atoms with E-state index in [1.54, 1.807) is 66.9 Å². The summed E-state index contributed by atoms with van der Waals surface area (Å²) in [6, 6.07) is 16.5. The second-order valence-corrected chi connectivity index (χ2v) is 5.85. The number of hydrazone groups is 1. The highest BCUT2D eigenvalue weighted by molar-refractivity contribution is 6.30. The van der Waals surface area contributed by atoms with E-state index in [2.05, 4.69) is 15.5 Å². The number of ether oxygens (including phenoxy) is 1. The number of rotatable bonds is 5. The number of benzene rings is 2. The maximum Gasteiger partial charge on any atom is 0.343 e. The molecule has 1 heterocycles. The molecule has 1 N–H and O–H groups in total. The largest absolute Gasteiger partial charge is 0.423 e. The van der Waals surface area contributed by atoms with Gasteiger partial charge in [-0.15, -0.1) is 0 Å². The minimum absolute atomic E-state index is 0.359. The number of hydrogen-bond donors (Lipinski definition) is 1. The lowest BCUT2D eigenvalue weighted by atomic mass is 10.2. The molecule has 3 rings (SSSR count). The lowest BCUT2D eigenvalue weighted by Gasteiger charge is -2.05. The minimum atomic E-state index is -0.495. The maximum atomic E-state index is 12.1. The van der Waals surface area contributed by atoms with E-state index in [0.29, 0.717) is 27.5 Å². The first kappa shape index (κ1) is 18.3. The number of amides is 1. The Balaban J connectivity index is 1.62. The molecule has 3 aromatic rings. The number of pyridine rings is 1. The van der Waals surface area contributed by atoms with Crippen molar-refractivity contribution >= 4 is 29.7 Å². The average molecular weight is 380 g/mol. The SMILES string of the molecule is O=C(NN=Cc1cccc(OC(=O)c2ccc(Cl)cc2)c1)c1cccnc1. The molecule has 0 aliphatic heterocycles. The lowest BCUT2D eigenvalue weighted by Crippen LogP contribution is -2.17. The van der Waals surface area contributed by atoms with Crippen LogP contribution in [0.1, 0.15) is 26.3 Å². The van der Waals surface area contributed by atoms with Crippen LogP contribution in [0.2, 0.25) is 5.02 Å². The van der Waals surface area contributed by atoms with Crippen LogP contribution in [-0.2, 0) is 0 Å². The Morgan fingerprint density at radius 3 is 2.59 bits per heavy atom. The van der Waals surface area contributed by atoms with Gasteiger partial charge in [0.2, 0.25) is 0 Å². The molecule has 6 nitrogen and oxygen atoms in total. The fourth-order valence-electron chi connectivity index (χ4n) is 2.14. The highest BCUT2D eigenvalue weighted by atomic mass is 35.5. The molecule has 0 saturated carbocycles. The zero-order valence-electron chi connectivity index (χ0n) is 14.0. The number of nitrogens with zero attached hydrogens (tertiary/aromatic N) is 2. The van der Waals surface area contributed by atoms with Gasteiger partial charge in [-0.3, -0.25) is 9.78 Å². The summed E-state index contributed by atoms with van der Waals surface area (Å²) >= 11 is 5.81. The van der Waals surface area contributed by atoms with Crippen molar-refractivity contribution in [1.29, 1.82) is 0 Å². The number of hydrogen-bond acceptors (Lipinski definition) is 5. The number of halogens is 1. The Bertz CT molecular complexity index is 973. The molecule has 7 heteroatoms. The van der Waals surface area contributed by atoms with Gasteiger partial charge in [0.05, 0.1) is 17.3 Å². The molecule has 0 saturated heterocycles. The van der Waals surface area contributed by atoms with E-state index in [1.165, 1.54) is 12.4 Å². The predicted octanol–water partition coefficient (Wildman–Crippen LogP) is 3.72. The van der Waals surface area contributed by atoms with Crippen LogP contribution in [0.15, 0.2) is 78.2 Å². The van der Waals surface area contributed by atoms with Crippen molar-refractivity contribution in [1.82, 2.24) is 10.4 Å².